The maximum atomic E-state index is 12.3. The van der Waals surface area contributed by atoms with Crippen molar-refractivity contribution < 1.29 is 13.2 Å². The summed E-state index contributed by atoms with van der Waals surface area (Å²) >= 11 is 0. The van der Waals surface area contributed by atoms with E-state index in [1.54, 1.807) is 6.20 Å². The molecule has 1 aromatic rings. The van der Waals surface area contributed by atoms with Gasteiger partial charge in [0.1, 0.15) is 5.82 Å². The zero-order chi connectivity index (χ0) is 14.8. The van der Waals surface area contributed by atoms with Crippen LogP contribution in [0.5, 0.6) is 0 Å². The summed E-state index contributed by atoms with van der Waals surface area (Å²) in [5, 5.41) is 0. The first-order chi connectivity index (χ1) is 9.37. The largest absolute Gasteiger partial charge is 0.401 e. The maximum absolute atomic E-state index is 12.3. The third kappa shape index (κ3) is 3.83. The minimum Gasteiger partial charge on any atom is -0.354 e. The molecule has 0 aromatic carbocycles. The second-order valence-electron chi connectivity index (χ2n) is 5.08. The molecule has 0 spiro atoms. The molecule has 0 radical (unpaired) electrons. The predicted molar refractivity (Wildman–Crippen MR) is 71.5 cm³/mol. The van der Waals surface area contributed by atoms with Crippen LogP contribution in [0.1, 0.15) is 18.5 Å². The van der Waals surface area contributed by atoms with Gasteiger partial charge in [0.15, 0.2) is 0 Å². The third-order valence-electron chi connectivity index (χ3n) is 3.38. The molecule has 2 N–H and O–H groups in total. The van der Waals surface area contributed by atoms with Gasteiger partial charge in [-0.05, 0) is 13.0 Å². The number of piperazine rings is 1. The van der Waals surface area contributed by atoms with E-state index in [2.05, 4.69) is 4.98 Å². The Bertz CT molecular complexity index is 439. The molecule has 2 heterocycles. The molecule has 1 fully saturated rings. The molecule has 20 heavy (non-hydrogen) atoms. The van der Waals surface area contributed by atoms with Crippen LogP contribution in [0.3, 0.4) is 0 Å². The summed E-state index contributed by atoms with van der Waals surface area (Å²) in [5.74, 6) is 0.786. The van der Waals surface area contributed by atoms with E-state index in [9.17, 15) is 13.2 Å². The Morgan fingerprint density at radius 1 is 1.30 bits per heavy atom. The number of anilines is 1. The Balaban J connectivity index is 2.01. The molecule has 2 rings (SSSR count). The number of rotatable bonds is 3. The second-order valence-corrected chi connectivity index (χ2v) is 5.08. The highest BCUT2D eigenvalue weighted by molar-refractivity contribution is 5.48. The van der Waals surface area contributed by atoms with Crippen molar-refractivity contribution in [2.75, 3.05) is 37.6 Å². The molecule has 0 saturated carbocycles. The fourth-order valence-corrected chi connectivity index (χ4v) is 2.40. The van der Waals surface area contributed by atoms with Crippen LogP contribution in [0.2, 0.25) is 0 Å². The molecule has 1 aromatic heterocycles. The highest BCUT2D eigenvalue weighted by Gasteiger charge is 2.32. The van der Waals surface area contributed by atoms with Gasteiger partial charge in [0.25, 0.3) is 0 Å². The minimum absolute atomic E-state index is 0.146. The average molecular weight is 288 g/mol. The fourth-order valence-electron chi connectivity index (χ4n) is 2.40. The standard InChI is InChI=1S/C13H19F3N4/c1-10(17)11-3-2-4-18-12(11)20-7-5-19(6-8-20)9-13(14,15)16/h2-4,10H,5-9,17H2,1H3/t10-/m0/s1. The van der Waals surface area contributed by atoms with Gasteiger partial charge in [0.2, 0.25) is 0 Å². The predicted octanol–water partition coefficient (Wildman–Crippen LogP) is 1.79. The number of nitrogens with two attached hydrogens (primary N) is 1. The molecule has 112 valence electrons. The molecule has 1 atom stereocenters. The molecule has 0 amide bonds. The lowest BCUT2D eigenvalue weighted by Crippen LogP contribution is -2.49. The fraction of sp³-hybridized carbons (Fsp3) is 0.615. The van der Waals surface area contributed by atoms with Gasteiger partial charge < -0.3 is 10.6 Å². The zero-order valence-electron chi connectivity index (χ0n) is 11.4. The summed E-state index contributed by atoms with van der Waals surface area (Å²) in [6.07, 6.45) is -2.45. The van der Waals surface area contributed by atoms with Crippen LogP contribution in [0, 0.1) is 0 Å². The first kappa shape index (κ1) is 15.1. The molecule has 7 heteroatoms. The Hall–Kier alpha value is -1.34. The lowest BCUT2D eigenvalue weighted by molar-refractivity contribution is -0.146. The molecule has 0 bridgehead atoms. The van der Waals surface area contributed by atoms with Crippen LogP contribution in [0.4, 0.5) is 19.0 Å². The van der Waals surface area contributed by atoms with Gasteiger partial charge in [-0.25, -0.2) is 4.98 Å². The lowest BCUT2D eigenvalue weighted by Gasteiger charge is -2.36. The van der Waals surface area contributed by atoms with Crippen LogP contribution in [-0.4, -0.2) is 48.8 Å². The van der Waals surface area contributed by atoms with Crippen LogP contribution < -0.4 is 10.6 Å². The number of nitrogens with zero attached hydrogens (tertiary/aromatic N) is 3. The number of hydrogen-bond acceptors (Lipinski definition) is 4. The van der Waals surface area contributed by atoms with Crippen LogP contribution >= 0.6 is 0 Å². The molecule has 1 saturated heterocycles. The van der Waals surface area contributed by atoms with Crippen molar-refractivity contribution in [1.82, 2.24) is 9.88 Å². The highest BCUT2D eigenvalue weighted by atomic mass is 19.4. The van der Waals surface area contributed by atoms with E-state index in [1.807, 2.05) is 24.0 Å². The van der Waals surface area contributed by atoms with Gasteiger partial charge in [-0.1, -0.05) is 6.07 Å². The summed E-state index contributed by atoms with van der Waals surface area (Å²) in [6, 6.07) is 3.59. The number of aromatic nitrogens is 1. The van der Waals surface area contributed by atoms with Gasteiger partial charge in [-0.3, -0.25) is 4.90 Å². The van der Waals surface area contributed by atoms with E-state index < -0.39 is 12.7 Å². The van der Waals surface area contributed by atoms with Crippen molar-refractivity contribution >= 4 is 5.82 Å². The van der Waals surface area contributed by atoms with E-state index in [4.69, 9.17) is 5.73 Å². The zero-order valence-corrected chi connectivity index (χ0v) is 11.4. The summed E-state index contributed by atoms with van der Waals surface area (Å²) in [6.45, 7) is 2.87. The van der Waals surface area contributed by atoms with Crippen LogP contribution in [-0.2, 0) is 0 Å². The van der Waals surface area contributed by atoms with Crippen molar-refractivity contribution in [1.29, 1.82) is 0 Å². The summed E-state index contributed by atoms with van der Waals surface area (Å²) in [5.41, 5.74) is 6.83. The lowest BCUT2D eigenvalue weighted by atomic mass is 10.1. The first-order valence-corrected chi connectivity index (χ1v) is 6.61. The van der Waals surface area contributed by atoms with Crippen molar-refractivity contribution in [2.45, 2.75) is 19.1 Å². The van der Waals surface area contributed by atoms with E-state index in [1.165, 1.54) is 4.90 Å². The Kier molecular flexibility index (Phi) is 4.49. The smallest absolute Gasteiger partial charge is 0.354 e. The summed E-state index contributed by atoms with van der Waals surface area (Å²) in [4.78, 5) is 7.76. The highest BCUT2D eigenvalue weighted by Crippen LogP contribution is 2.24. The Morgan fingerprint density at radius 3 is 2.50 bits per heavy atom. The number of alkyl halides is 3. The van der Waals surface area contributed by atoms with Crippen LogP contribution in [0.25, 0.3) is 0 Å². The van der Waals surface area contributed by atoms with Crippen molar-refractivity contribution in [2.24, 2.45) is 5.73 Å². The molecular formula is C13H19F3N4. The molecule has 0 aliphatic carbocycles. The average Bonchev–Trinajstić information content (AvgIpc) is 2.38. The van der Waals surface area contributed by atoms with E-state index >= 15 is 0 Å². The molecule has 1 aliphatic rings. The van der Waals surface area contributed by atoms with Gasteiger partial charge in [0.05, 0.1) is 6.54 Å². The number of halogens is 3. The topological polar surface area (TPSA) is 45.4 Å². The Labute approximate surface area is 116 Å². The number of hydrogen-bond donors (Lipinski definition) is 1. The molecule has 0 unspecified atom stereocenters. The summed E-state index contributed by atoms with van der Waals surface area (Å²) < 4.78 is 37.0. The first-order valence-electron chi connectivity index (χ1n) is 6.61. The molecular weight excluding hydrogens is 269 g/mol. The van der Waals surface area contributed by atoms with Crippen molar-refractivity contribution in [3.8, 4) is 0 Å². The van der Waals surface area contributed by atoms with E-state index in [0.29, 0.717) is 26.2 Å². The maximum Gasteiger partial charge on any atom is 0.401 e. The van der Waals surface area contributed by atoms with E-state index in [0.717, 1.165) is 11.4 Å². The van der Waals surface area contributed by atoms with Gasteiger partial charge >= 0.3 is 6.18 Å². The Morgan fingerprint density at radius 2 is 1.95 bits per heavy atom. The van der Waals surface area contributed by atoms with Crippen molar-refractivity contribution in [3.05, 3.63) is 23.9 Å². The minimum atomic E-state index is -4.13. The van der Waals surface area contributed by atoms with Gasteiger partial charge in [0, 0.05) is 44.0 Å². The van der Waals surface area contributed by atoms with Crippen molar-refractivity contribution in [3.63, 3.8) is 0 Å². The quantitative estimate of drug-likeness (QED) is 0.921. The van der Waals surface area contributed by atoms with Gasteiger partial charge in [-0.2, -0.15) is 13.2 Å². The SMILES string of the molecule is C[C@H](N)c1cccnc1N1CCN(CC(F)(F)F)CC1. The number of pyridine rings is 1. The third-order valence-corrected chi connectivity index (χ3v) is 3.38. The second kappa shape index (κ2) is 5.97. The van der Waals surface area contributed by atoms with E-state index in [-0.39, 0.29) is 6.04 Å². The molecule has 1 aliphatic heterocycles. The monoisotopic (exact) mass is 288 g/mol. The normalized spacial score (nSPS) is 19.1. The van der Waals surface area contributed by atoms with Gasteiger partial charge in [-0.15, -0.1) is 0 Å². The van der Waals surface area contributed by atoms with Crippen LogP contribution in [0.15, 0.2) is 18.3 Å². The summed E-state index contributed by atoms with van der Waals surface area (Å²) in [7, 11) is 0. The molecule has 4 nitrogen and oxygen atoms in total.